The summed E-state index contributed by atoms with van der Waals surface area (Å²) < 4.78 is 11.3. The molecule has 0 bridgehead atoms. The van der Waals surface area contributed by atoms with Crippen molar-refractivity contribution in [1.29, 1.82) is 0 Å². The molecule has 3 aromatic carbocycles. The molecule has 0 amide bonds. The van der Waals surface area contributed by atoms with E-state index in [9.17, 15) is 10.1 Å². The Morgan fingerprint density at radius 1 is 1.13 bits per heavy atom. The summed E-state index contributed by atoms with van der Waals surface area (Å²) in [5.41, 5.74) is 4.77. The quantitative estimate of drug-likeness (QED) is 0.257. The van der Waals surface area contributed by atoms with Gasteiger partial charge in [-0.2, -0.15) is 0 Å². The van der Waals surface area contributed by atoms with Crippen LogP contribution in [0.15, 0.2) is 59.6 Å². The first kappa shape index (κ1) is 21.3. The number of nitro benzene ring substituents is 1. The van der Waals surface area contributed by atoms with Crippen molar-refractivity contribution in [2.75, 3.05) is 7.11 Å². The smallest absolute Gasteiger partial charge is 0.269 e. The molecule has 3 rings (SSSR count). The zero-order valence-electron chi connectivity index (χ0n) is 16.9. The van der Waals surface area contributed by atoms with Crippen LogP contribution in [0.25, 0.3) is 0 Å². The maximum Gasteiger partial charge on any atom is 0.269 e. The molecule has 0 aliphatic heterocycles. The lowest BCUT2D eigenvalue weighted by molar-refractivity contribution is -0.384. The lowest BCUT2D eigenvalue weighted by Crippen LogP contribution is -2.00. The molecule has 0 atom stereocenters. The number of hydrogen-bond donors (Lipinski definition) is 0. The Hall–Kier alpha value is -3.38. The van der Waals surface area contributed by atoms with Gasteiger partial charge in [0.05, 0.1) is 22.7 Å². The molecule has 0 saturated carbocycles. The number of nitro groups is 1. The van der Waals surface area contributed by atoms with E-state index >= 15 is 0 Å². The summed E-state index contributed by atoms with van der Waals surface area (Å²) in [5, 5.41) is 11.1. The van der Waals surface area contributed by atoms with Crippen LogP contribution < -0.4 is 9.47 Å². The van der Waals surface area contributed by atoms with Gasteiger partial charge >= 0.3 is 0 Å². The Labute approximate surface area is 179 Å². The second-order valence-corrected chi connectivity index (χ2v) is 7.13. The van der Waals surface area contributed by atoms with Crippen LogP contribution >= 0.6 is 11.6 Å². The topological polar surface area (TPSA) is 74.0 Å². The summed E-state index contributed by atoms with van der Waals surface area (Å²) in [6.45, 7) is 4.28. The molecular formula is C23H21ClN2O4. The van der Waals surface area contributed by atoms with E-state index in [1.807, 2.05) is 32.0 Å². The third-order valence-electron chi connectivity index (χ3n) is 4.71. The average Bonchev–Trinajstić information content (AvgIpc) is 2.74. The minimum atomic E-state index is -0.441. The van der Waals surface area contributed by atoms with Gasteiger partial charge in [0.1, 0.15) is 6.61 Å². The number of halogens is 1. The number of benzene rings is 3. The van der Waals surface area contributed by atoms with Gasteiger partial charge in [0.25, 0.3) is 5.69 Å². The Morgan fingerprint density at radius 2 is 1.87 bits per heavy atom. The molecule has 0 aliphatic carbocycles. The molecule has 0 aliphatic rings. The molecule has 0 heterocycles. The number of rotatable bonds is 7. The highest BCUT2D eigenvalue weighted by atomic mass is 35.5. The molecule has 0 unspecified atom stereocenters. The van der Waals surface area contributed by atoms with E-state index in [0.717, 1.165) is 22.4 Å². The Morgan fingerprint density at radius 3 is 2.53 bits per heavy atom. The van der Waals surface area contributed by atoms with Crippen LogP contribution in [0.2, 0.25) is 5.02 Å². The van der Waals surface area contributed by atoms with Gasteiger partial charge in [0.15, 0.2) is 11.5 Å². The van der Waals surface area contributed by atoms with Gasteiger partial charge in [0.2, 0.25) is 0 Å². The van der Waals surface area contributed by atoms with Crippen LogP contribution in [0.1, 0.15) is 22.3 Å². The van der Waals surface area contributed by atoms with E-state index in [1.165, 1.54) is 24.8 Å². The number of hydrogen-bond acceptors (Lipinski definition) is 5. The van der Waals surface area contributed by atoms with Crippen molar-refractivity contribution < 1.29 is 14.4 Å². The van der Waals surface area contributed by atoms with Gasteiger partial charge in [-0.3, -0.25) is 15.1 Å². The number of aryl methyl sites for hydroxylation is 1. The first-order valence-corrected chi connectivity index (χ1v) is 9.60. The average molecular weight is 425 g/mol. The fourth-order valence-electron chi connectivity index (χ4n) is 2.84. The fraction of sp³-hybridized carbons (Fsp3) is 0.174. The number of non-ortho nitro benzene ring substituents is 1. The van der Waals surface area contributed by atoms with Crippen LogP contribution in [-0.4, -0.2) is 18.2 Å². The molecule has 0 aromatic heterocycles. The summed E-state index contributed by atoms with van der Waals surface area (Å²) >= 11 is 6.43. The maximum atomic E-state index is 10.8. The normalized spacial score (nSPS) is 10.9. The standard InChI is InChI=1S/C23H21ClN2O4/c1-15-5-4-6-21(16(15)2)25-13-18-11-20(24)23(22(12-18)29-3)30-14-17-7-9-19(10-8-17)26(27)28/h4-13H,14H2,1-3H3. The first-order valence-electron chi connectivity index (χ1n) is 9.23. The highest BCUT2D eigenvalue weighted by Gasteiger charge is 2.13. The Bertz CT molecular complexity index is 1100. The van der Waals surface area contributed by atoms with Crippen molar-refractivity contribution in [3.05, 3.63) is 92.0 Å². The van der Waals surface area contributed by atoms with Crippen LogP contribution in [0.3, 0.4) is 0 Å². The molecule has 3 aromatic rings. The van der Waals surface area contributed by atoms with Gasteiger partial charge in [-0.1, -0.05) is 23.7 Å². The molecule has 30 heavy (non-hydrogen) atoms. The fourth-order valence-corrected chi connectivity index (χ4v) is 3.12. The molecule has 0 spiro atoms. The predicted octanol–water partition coefficient (Wildman–Crippen LogP) is 6.20. The van der Waals surface area contributed by atoms with E-state index in [-0.39, 0.29) is 12.3 Å². The minimum Gasteiger partial charge on any atom is -0.493 e. The Balaban J connectivity index is 1.79. The summed E-state index contributed by atoms with van der Waals surface area (Å²) in [5.74, 6) is 0.883. The zero-order valence-corrected chi connectivity index (χ0v) is 17.6. The van der Waals surface area contributed by atoms with Gasteiger partial charge in [-0.25, -0.2) is 0 Å². The number of nitrogens with zero attached hydrogens (tertiary/aromatic N) is 2. The van der Waals surface area contributed by atoms with Crippen LogP contribution in [0.5, 0.6) is 11.5 Å². The highest BCUT2D eigenvalue weighted by Crippen LogP contribution is 2.37. The maximum absolute atomic E-state index is 10.8. The summed E-state index contributed by atoms with van der Waals surface area (Å²) in [6, 6.07) is 15.7. The van der Waals surface area contributed by atoms with E-state index < -0.39 is 4.92 Å². The second-order valence-electron chi connectivity index (χ2n) is 6.72. The zero-order chi connectivity index (χ0) is 21.7. The van der Waals surface area contributed by atoms with Crippen molar-refractivity contribution in [1.82, 2.24) is 0 Å². The number of methoxy groups -OCH3 is 1. The minimum absolute atomic E-state index is 0.0295. The molecule has 0 fully saturated rings. The third kappa shape index (κ3) is 4.96. The molecule has 6 nitrogen and oxygen atoms in total. The largest absolute Gasteiger partial charge is 0.493 e. The molecule has 0 radical (unpaired) electrons. The second kappa shape index (κ2) is 9.41. The predicted molar refractivity (Wildman–Crippen MR) is 119 cm³/mol. The van der Waals surface area contributed by atoms with Crippen molar-refractivity contribution in [3.8, 4) is 11.5 Å². The van der Waals surface area contributed by atoms with Crippen LogP contribution in [0.4, 0.5) is 11.4 Å². The lowest BCUT2D eigenvalue weighted by Gasteiger charge is -2.13. The van der Waals surface area contributed by atoms with Crippen molar-refractivity contribution >= 4 is 29.2 Å². The summed E-state index contributed by atoms with van der Waals surface area (Å²) in [7, 11) is 1.54. The van der Waals surface area contributed by atoms with Gasteiger partial charge in [-0.05, 0) is 66.4 Å². The van der Waals surface area contributed by atoms with Crippen LogP contribution in [0, 0.1) is 24.0 Å². The molecule has 7 heteroatoms. The highest BCUT2D eigenvalue weighted by molar-refractivity contribution is 6.32. The first-order chi connectivity index (χ1) is 14.4. The SMILES string of the molecule is COc1cc(C=Nc2cccc(C)c2C)cc(Cl)c1OCc1ccc([N+](=O)[O-])cc1. The molecule has 0 saturated heterocycles. The molecular weight excluding hydrogens is 404 g/mol. The lowest BCUT2D eigenvalue weighted by atomic mass is 10.1. The molecule has 0 N–H and O–H groups in total. The van der Waals surface area contributed by atoms with E-state index in [0.29, 0.717) is 16.5 Å². The third-order valence-corrected chi connectivity index (χ3v) is 4.99. The van der Waals surface area contributed by atoms with Gasteiger partial charge < -0.3 is 9.47 Å². The number of ether oxygens (including phenoxy) is 2. The summed E-state index contributed by atoms with van der Waals surface area (Å²) in [4.78, 5) is 14.9. The van der Waals surface area contributed by atoms with Crippen LogP contribution in [-0.2, 0) is 6.61 Å². The van der Waals surface area contributed by atoms with E-state index in [1.54, 1.807) is 30.5 Å². The van der Waals surface area contributed by atoms with Gasteiger partial charge in [-0.15, -0.1) is 0 Å². The van der Waals surface area contributed by atoms with Crippen molar-refractivity contribution in [2.45, 2.75) is 20.5 Å². The van der Waals surface area contributed by atoms with Crippen molar-refractivity contribution in [2.24, 2.45) is 4.99 Å². The Kier molecular flexibility index (Phi) is 6.69. The molecule has 154 valence electrons. The monoisotopic (exact) mass is 424 g/mol. The van der Waals surface area contributed by atoms with Gasteiger partial charge in [0, 0.05) is 18.3 Å². The van der Waals surface area contributed by atoms with Crippen molar-refractivity contribution in [3.63, 3.8) is 0 Å². The summed E-state index contributed by atoms with van der Waals surface area (Å²) in [6.07, 6.45) is 1.73. The van der Waals surface area contributed by atoms with E-state index in [2.05, 4.69) is 4.99 Å². The van der Waals surface area contributed by atoms with E-state index in [4.69, 9.17) is 21.1 Å². The number of aliphatic imine (C=N–C) groups is 1.